The van der Waals surface area contributed by atoms with Crippen LogP contribution in [-0.2, 0) is 4.79 Å². The second-order valence-electron chi connectivity index (χ2n) is 9.16. The highest BCUT2D eigenvalue weighted by Crippen LogP contribution is 2.42. The highest BCUT2D eigenvalue weighted by atomic mass is 19.1. The van der Waals surface area contributed by atoms with E-state index in [9.17, 15) is 14.3 Å². The second kappa shape index (κ2) is 7.72. The number of hydrogen-bond donors (Lipinski definition) is 3. The summed E-state index contributed by atoms with van der Waals surface area (Å²) in [6, 6.07) is 0.110. The first-order chi connectivity index (χ1) is 12.5. The van der Waals surface area contributed by atoms with Crippen LogP contribution in [0.15, 0.2) is 0 Å². The quantitative estimate of drug-likeness (QED) is 0.714. The van der Waals surface area contributed by atoms with Gasteiger partial charge in [0.1, 0.15) is 12.2 Å². The Balaban J connectivity index is 1.45. The fourth-order valence-corrected chi connectivity index (χ4v) is 6.24. The van der Waals surface area contributed by atoms with Crippen LogP contribution in [0.2, 0.25) is 0 Å². The number of carboxylic acids is 1. The molecule has 0 aromatic heterocycles. The van der Waals surface area contributed by atoms with E-state index in [2.05, 4.69) is 22.5 Å². The summed E-state index contributed by atoms with van der Waals surface area (Å²) in [5.74, 6) is 1.21. The van der Waals surface area contributed by atoms with E-state index < -0.39 is 12.1 Å². The Bertz CT molecular complexity index is 519. The molecule has 5 nitrogen and oxygen atoms in total. The van der Waals surface area contributed by atoms with Crippen LogP contribution in [0.25, 0.3) is 0 Å². The third-order valence-corrected chi connectivity index (χ3v) is 7.66. The van der Waals surface area contributed by atoms with E-state index in [0.29, 0.717) is 36.8 Å². The van der Waals surface area contributed by atoms with Crippen molar-refractivity contribution < 1.29 is 14.3 Å². The molecule has 3 heterocycles. The maximum absolute atomic E-state index is 13.9. The molecule has 4 rings (SSSR count). The summed E-state index contributed by atoms with van der Waals surface area (Å²) in [7, 11) is 0. The van der Waals surface area contributed by atoms with Crippen molar-refractivity contribution in [1.82, 2.24) is 15.5 Å². The summed E-state index contributed by atoms with van der Waals surface area (Å²) in [6.45, 7) is 4.60. The lowest BCUT2D eigenvalue weighted by atomic mass is 9.67. The lowest BCUT2D eigenvalue weighted by molar-refractivity contribution is -0.143. The maximum atomic E-state index is 13.9. The first-order valence-corrected chi connectivity index (χ1v) is 10.6. The Morgan fingerprint density at radius 2 is 1.92 bits per heavy atom. The van der Waals surface area contributed by atoms with Gasteiger partial charge in [-0.2, -0.15) is 0 Å². The van der Waals surface area contributed by atoms with E-state index in [-0.39, 0.29) is 18.1 Å². The van der Waals surface area contributed by atoms with Gasteiger partial charge in [0, 0.05) is 19.1 Å². The maximum Gasteiger partial charge on any atom is 0.322 e. The van der Waals surface area contributed by atoms with Crippen LogP contribution in [-0.4, -0.2) is 60.0 Å². The highest BCUT2D eigenvalue weighted by molar-refractivity contribution is 5.74. The molecule has 0 radical (unpaired) electrons. The van der Waals surface area contributed by atoms with Gasteiger partial charge in [-0.15, -0.1) is 0 Å². The Labute approximate surface area is 156 Å². The van der Waals surface area contributed by atoms with Gasteiger partial charge >= 0.3 is 5.97 Å². The van der Waals surface area contributed by atoms with Gasteiger partial charge < -0.3 is 10.4 Å². The van der Waals surface area contributed by atoms with Crippen LogP contribution >= 0.6 is 0 Å². The second-order valence-corrected chi connectivity index (χ2v) is 9.16. The van der Waals surface area contributed by atoms with Gasteiger partial charge in [-0.05, 0) is 75.2 Å². The number of rotatable bonds is 3. The Morgan fingerprint density at radius 3 is 2.69 bits per heavy atom. The number of alkyl halides is 1. The lowest BCUT2D eigenvalue weighted by Gasteiger charge is -2.48. The molecule has 3 saturated heterocycles. The van der Waals surface area contributed by atoms with Crippen LogP contribution in [0.3, 0.4) is 0 Å². The van der Waals surface area contributed by atoms with Crippen molar-refractivity contribution in [3.63, 3.8) is 0 Å². The van der Waals surface area contributed by atoms with Gasteiger partial charge in [-0.1, -0.05) is 6.92 Å². The van der Waals surface area contributed by atoms with E-state index in [1.54, 1.807) is 0 Å². The zero-order chi connectivity index (χ0) is 18.3. The van der Waals surface area contributed by atoms with Crippen LogP contribution in [0.4, 0.5) is 4.39 Å². The molecule has 6 heteroatoms. The normalized spacial score (nSPS) is 47.5. The van der Waals surface area contributed by atoms with Crippen LogP contribution in [0.5, 0.6) is 0 Å². The Kier molecular flexibility index (Phi) is 5.53. The first-order valence-electron chi connectivity index (χ1n) is 10.6. The standard InChI is InChI=1S/C20H34FN3O2/c1-12-9-13(4-6-16(12)21)19-15(3-2-8-22-19)14-5-7-18-23-10-17(20(25)26)24(18)11-14/h12-19,22-23H,2-11H2,1H3,(H,25,26). The number of aliphatic carboxylic acids is 1. The van der Waals surface area contributed by atoms with Crippen LogP contribution < -0.4 is 10.6 Å². The van der Waals surface area contributed by atoms with E-state index in [0.717, 1.165) is 32.4 Å². The van der Waals surface area contributed by atoms with Crippen molar-refractivity contribution in [2.24, 2.45) is 23.7 Å². The Morgan fingerprint density at radius 1 is 1.12 bits per heavy atom. The minimum Gasteiger partial charge on any atom is -0.480 e. The van der Waals surface area contributed by atoms with Crippen molar-refractivity contribution in [3.8, 4) is 0 Å². The molecule has 4 fully saturated rings. The van der Waals surface area contributed by atoms with Gasteiger partial charge in [-0.25, -0.2) is 4.39 Å². The molecule has 8 atom stereocenters. The third-order valence-electron chi connectivity index (χ3n) is 7.66. The number of carbonyl (C=O) groups is 1. The molecule has 0 amide bonds. The molecule has 1 aliphatic carbocycles. The van der Waals surface area contributed by atoms with Crippen molar-refractivity contribution >= 4 is 5.97 Å². The van der Waals surface area contributed by atoms with Gasteiger partial charge in [0.15, 0.2) is 0 Å². The molecule has 3 N–H and O–H groups in total. The van der Waals surface area contributed by atoms with Gasteiger partial charge in [0.25, 0.3) is 0 Å². The fourth-order valence-electron chi connectivity index (χ4n) is 6.24. The number of fused-ring (bicyclic) bond motifs is 1. The molecule has 0 aromatic carbocycles. The first kappa shape index (κ1) is 18.6. The zero-order valence-corrected chi connectivity index (χ0v) is 15.9. The third kappa shape index (κ3) is 3.52. The molecule has 26 heavy (non-hydrogen) atoms. The smallest absolute Gasteiger partial charge is 0.322 e. The summed E-state index contributed by atoms with van der Waals surface area (Å²) in [4.78, 5) is 13.8. The van der Waals surface area contributed by atoms with Crippen LogP contribution in [0, 0.1) is 23.7 Å². The minimum atomic E-state index is -0.700. The fraction of sp³-hybridized carbons (Fsp3) is 0.950. The summed E-state index contributed by atoms with van der Waals surface area (Å²) in [6.07, 6.45) is 6.97. The van der Waals surface area contributed by atoms with Crippen molar-refractivity contribution in [3.05, 3.63) is 0 Å². The van der Waals surface area contributed by atoms with E-state index >= 15 is 0 Å². The highest BCUT2D eigenvalue weighted by Gasteiger charge is 2.46. The minimum absolute atomic E-state index is 0.174. The summed E-state index contributed by atoms with van der Waals surface area (Å²) in [5.41, 5.74) is 0. The molecule has 3 aliphatic heterocycles. The van der Waals surface area contributed by atoms with E-state index in [1.165, 1.54) is 19.3 Å². The van der Waals surface area contributed by atoms with Crippen LogP contribution in [0.1, 0.15) is 51.9 Å². The average molecular weight is 368 g/mol. The summed E-state index contributed by atoms with van der Waals surface area (Å²) < 4.78 is 13.9. The zero-order valence-electron chi connectivity index (χ0n) is 15.9. The molecule has 1 saturated carbocycles. The molecule has 4 aliphatic rings. The van der Waals surface area contributed by atoms with E-state index in [4.69, 9.17) is 0 Å². The predicted octanol–water partition coefficient (Wildman–Crippen LogP) is 2.22. The molecular weight excluding hydrogens is 333 g/mol. The van der Waals surface area contributed by atoms with Crippen molar-refractivity contribution in [2.75, 3.05) is 19.6 Å². The predicted molar refractivity (Wildman–Crippen MR) is 98.6 cm³/mol. The van der Waals surface area contributed by atoms with Crippen molar-refractivity contribution in [1.29, 1.82) is 0 Å². The lowest BCUT2D eigenvalue weighted by Crippen LogP contribution is -2.55. The number of nitrogens with one attached hydrogen (secondary N) is 2. The van der Waals surface area contributed by atoms with Gasteiger partial charge in [0.05, 0.1) is 6.17 Å². The molecule has 0 bridgehead atoms. The topological polar surface area (TPSA) is 64.6 Å². The average Bonchev–Trinajstić information content (AvgIpc) is 3.07. The molecule has 0 aromatic rings. The molecule has 0 spiro atoms. The molecule has 8 unspecified atom stereocenters. The number of halogens is 1. The SMILES string of the molecule is CC1CC(C2NCCCC2C2CCC3NCC(C(=O)O)N3C2)CCC1F. The number of carboxylic acid groups (broad SMARTS) is 1. The number of nitrogens with zero attached hydrogens (tertiary/aromatic N) is 1. The monoisotopic (exact) mass is 367 g/mol. The number of piperidine rings is 2. The molecule has 148 valence electrons. The van der Waals surface area contributed by atoms with Crippen molar-refractivity contribution in [2.45, 2.75) is 76.3 Å². The Hall–Kier alpha value is -0.720. The molecular formula is C20H34FN3O2. The van der Waals surface area contributed by atoms with Gasteiger partial charge in [-0.3, -0.25) is 15.0 Å². The summed E-state index contributed by atoms with van der Waals surface area (Å²) in [5, 5.41) is 16.7. The summed E-state index contributed by atoms with van der Waals surface area (Å²) >= 11 is 0. The van der Waals surface area contributed by atoms with Gasteiger partial charge in [0.2, 0.25) is 0 Å². The number of hydrogen-bond acceptors (Lipinski definition) is 4. The largest absolute Gasteiger partial charge is 0.480 e. The van der Waals surface area contributed by atoms with E-state index in [1.807, 2.05) is 0 Å².